The molecule has 0 unspecified atom stereocenters. The standard InChI is InChI=1S/C12H17F3N2O/c1-4-16-10-5-9(12(13,14)15)6-11(17-10)18-7-8(2)3/h5-6,8H,4,7H2,1-3H3,(H,16,17). The molecule has 102 valence electrons. The van der Waals surface area contributed by atoms with E-state index in [0.29, 0.717) is 13.2 Å². The van der Waals surface area contributed by atoms with E-state index < -0.39 is 11.7 Å². The molecule has 0 aliphatic carbocycles. The molecule has 0 spiro atoms. The van der Waals surface area contributed by atoms with Crippen LogP contribution in [-0.2, 0) is 6.18 Å². The first-order valence-electron chi connectivity index (χ1n) is 5.79. The minimum absolute atomic E-state index is 0.00512. The minimum atomic E-state index is -4.40. The average Bonchev–Trinajstić information content (AvgIpc) is 2.25. The normalized spacial score (nSPS) is 11.7. The van der Waals surface area contributed by atoms with Gasteiger partial charge in [0.1, 0.15) is 5.82 Å². The van der Waals surface area contributed by atoms with Gasteiger partial charge >= 0.3 is 6.18 Å². The van der Waals surface area contributed by atoms with Crippen molar-refractivity contribution in [3.8, 4) is 5.88 Å². The fourth-order valence-corrected chi connectivity index (χ4v) is 1.27. The van der Waals surface area contributed by atoms with Crippen LogP contribution in [0.3, 0.4) is 0 Å². The van der Waals surface area contributed by atoms with Crippen LogP contribution in [-0.4, -0.2) is 18.1 Å². The molecule has 0 aliphatic heterocycles. The number of ether oxygens (including phenoxy) is 1. The summed E-state index contributed by atoms with van der Waals surface area (Å²) in [7, 11) is 0. The molecule has 0 fully saturated rings. The summed E-state index contributed by atoms with van der Waals surface area (Å²) < 4.78 is 43.3. The Morgan fingerprint density at radius 3 is 2.50 bits per heavy atom. The molecule has 0 bridgehead atoms. The number of pyridine rings is 1. The minimum Gasteiger partial charge on any atom is -0.477 e. The average molecular weight is 262 g/mol. The summed E-state index contributed by atoms with van der Waals surface area (Å²) in [6.45, 7) is 6.45. The van der Waals surface area contributed by atoms with Gasteiger partial charge in [0.25, 0.3) is 0 Å². The largest absolute Gasteiger partial charge is 0.477 e. The lowest BCUT2D eigenvalue weighted by atomic mass is 10.2. The van der Waals surface area contributed by atoms with Crippen LogP contribution in [0, 0.1) is 5.92 Å². The summed E-state index contributed by atoms with van der Waals surface area (Å²) >= 11 is 0. The molecule has 1 aromatic rings. The summed E-state index contributed by atoms with van der Waals surface area (Å²) in [4.78, 5) is 3.98. The summed E-state index contributed by atoms with van der Waals surface area (Å²) in [5, 5.41) is 2.76. The lowest BCUT2D eigenvalue weighted by Crippen LogP contribution is -2.11. The molecule has 0 aliphatic rings. The van der Waals surface area contributed by atoms with Crippen molar-refractivity contribution >= 4 is 5.82 Å². The van der Waals surface area contributed by atoms with Gasteiger partial charge in [-0.15, -0.1) is 0 Å². The molecule has 18 heavy (non-hydrogen) atoms. The maximum atomic E-state index is 12.7. The summed E-state index contributed by atoms with van der Waals surface area (Å²) in [5.41, 5.74) is -0.757. The van der Waals surface area contributed by atoms with Gasteiger partial charge in [-0.2, -0.15) is 18.2 Å². The van der Waals surface area contributed by atoms with E-state index in [-0.39, 0.29) is 17.6 Å². The van der Waals surface area contributed by atoms with Crippen molar-refractivity contribution in [2.75, 3.05) is 18.5 Å². The van der Waals surface area contributed by atoms with Gasteiger partial charge in [-0.05, 0) is 18.9 Å². The van der Waals surface area contributed by atoms with Crippen LogP contribution in [0.1, 0.15) is 26.3 Å². The van der Waals surface area contributed by atoms with E-state index in [1.165, 1.54) is 0 Å². The van der Waals surface area contributed by atoms with Crippen molar-refractivity contribution in [1.29, 1.82) is 0 Å². The first kappa shape index (κ1) is 14.6. The molecule has 0 atom stereocenters. The fourth-order valence-electron chi connectivity index (χ4n) is 1.27. The summed E-state index contributed by atoms with van der Waals surface area (Å²) in [6, 6.07) is 1.90. The van der Waals surface area contributed by atoms with Gasteiger partial charge in [0.05, 0.1) is 12.2 Å². The maximum Gasteiger partial charge on any atom is 0.416 e. The Bertz CT molecular complexity index is 391. The van der Waals surface area contributed by atoms with Gasteiger partial charge in [0.2, 0.25) is 5.88 Å². The zero-order valence-electron chi connectivity index (χ0n) is 10.6. The molecular formula is C12H17F3N2O. The Morgan fingerprint density at radius 1 is 1.33 bits per heavy atom. The second-order valence-corrected chi connectivity index (χ2v) is 4.31. The number of halogens is 3. The van der Waals surface area contributed by atoms with Crippen LogP contribution in [0.15, 0.2) is 12.1 Å². The molecule has 1 heterocycles. The number of nitrogens with one attached hydrogen (secondary N) is 1. The SMILES string of the molecule is CCNc1cc(C(F)(F)F)cc(OCC(C)C)n1. The highest BCUT2D eigenvalue weighted by Crippen LogP contribution is 2.32. The first-order chi connectivity index (χ1) is 8.32. The molecule has 1 aromatic heterocycles. The van der Waals surface area contributed by atoms with E-state index in [1.54, 1.807) is 6.92 Å². The maximum absolute atomic E-state index is 12.7. The zero-order chi connectivity index (χ0) is 13.8. The van der Waals surface area contributed by atoms with E-state index in [2.05, 4.69) is 10.3 Å². The molecule has 1 rings (SSSR count). The molecule has 0 aromatic carbocycles. The fraction of sp³-hybridized carbons (Fsp3) is 0.583. The lowest BCUT2D eigenvalue weighted by molar-refractivity contribution is -0.137. The lowest BCUT2D eigenvalue weighted by Gasteiger charge is -2.13. The molecule has 0 radical (unpaired) electrons. The number of nitrogens with zero attached hydrogens (tertiary/aromatic N) is 1. The van der Waals surface area contributed by atoms with Gasteiger partial charge in [0, 0.05) is 12.6 Å². The van der Waals surface area contributed by atoms with Crippen LogP contribution < -0.4 is 10.1 Å². The third kappa shape index (κ3) is 4.43. The topological polar surface area (TPSA) is 34.1 Å². The highest BCUT2D eigenvalue weighted by atomic mass is 19.4. The van der Waals surface area contributed by atoms with E-state index in [4.69, 9.17) is 4.74 Å². The highest BCUT2D eigenvalue weighted by Gasteiger charge is 2.32. The van der Waals surface area contributed by atoms with E-state index in [9.17, 15) is 13.2 Å². The van der Waals surface area contributed by atoms with Crippen LogP contribution >= 0.6 is 0 Å². The third-order valence-corrected chi connectivity index (χ3v) is 2.05. The zero-order valence-corrected chi connectivity index (χ0v) is 10.6. The van der Waals surface area contributed by atoms with Gasteiger partial charge in [-0.25, -0.2) is 0 Å². The highest BCUT2D eigenvalue weighted by molar-refractivity contribution is 5.42. The molecule has 3 nitrogen and oxygen atoms in total. The number of anilines is 1. The summed E-state index contributed by atoms with van der Waals surface area (Å²) in [6.07, 6.45) is -4.40. The number of hydrogen-bond donors (Lipinski definition) is 1. The van der Waals surface area contributed by atoms with Gasteiger partial charge in [-0.1, -0.05) is 13.8 Å². The summed E-state index contributed by atoms with van der Waals surface area (Å²) in [5.74, 6) is 0.393. The predicted molar refractivity (Wildman–Crippen MR) is 63.7 cm³/mol. The Kier molecular flexibility index (Phi) is 4.81. The monoisotopic (exact) mass is 262 g/mol. The predicted octanol–water partition coefficient (Wildman–Crippen LogP) is 3.57. The molecule has 0 saturated heterocycles. The number of alkyl halides is 3. The second-order valence-electron chi connectivity index (χ2n) is 4.31. The molecule has 6 heteroatoms. The van der Waals surface area contributed by atoms with Crippen LogP contribution in [0.25, 0.3) is 0 Å². The first-order valence-corrected chi connectivity index (χ1v) is 5.79. The smallest absolute Gasteiger partial charge is 0.416 e. The Morgan fingerprint density at radius 2 is 2.00 bits per heavy atom. The second kappa shape index (κ2) is 5.93. The molecular weight excluding hydrogens is 245 g/mol. The van der Waals surface area contributed by atoms with E-state index in [1.807, 2.05) is 13.8 Å². The van der Waals surface area contributed by atoms with Crippen molar-refractivity contribution < 1.29 is 17.9 Å². The van der Waals surface area contributed by atoms with Gasteiger partial charge in [-0.3, -0.25) is 0 Å². The Hall–Kier alpha value is -1.46. The van der Waals surface area contributed by atoms with Crippen molar-refractivity contribution in [3.63, 3.8) is 0 Å². The van der Waals surface area contributed by atoms with Crippen LogP contribution in [0.5, 0.6) is 5.88 Å². The molecule has 0 amide bonds. The Balaban J connectivity index is 2.98. The van der Waals surface area contributed by atoms with Crippen molar-refractivity contribution in [3.05, 3.63) is 17.7 Å². The number of aromatic nitrogens is 1. The number of hydrogen-bond acceptors (Lipinski definition) is 3. The van der Waals surface area contributed by atoms with Crippen molar-refractivity contribution in [1.82, 2.24) is 4.98 Å². The number of rotatable bonds is 5. The van der Waals surface area contributed by atoms with Gasteiger partial charge in [0.15, 0.2) is 0 Å². The van der Waals surface area contributed by atoms with Crippen molar-refractivity contribution in [2.45, 2.75) is 26.9 Å². The van der Waals surface area contributed by atoms with E-state index >= 15 is 0 Å². The third-order valence-electron chi connectivity index (χ3n) is 2.05. The van der Waals surface area contributed by atoms with Crippen LogP contribution in [0.2, 0.25) is 0 Å². The van der Waals surface area contributed by atoms with Crippen LogP contribution in [0.4, 0.5) is 19.0 Å². The van der Waals surface area contributed by atoms with E-state index in [0.717, 1.165) is 12.1 Å². The van der Waals surface area contributed by atoms with Crippen molar-refractivity contribution in [2.24, 2.45) is 5.92 Å². The molecule has 0 saturated carbocycles. The van der Waals surface area contributed by atoms with Gasteiger partial charge < -0.3 is 10.1 Å². The molecule has 1 N–H and O–H groups in total. The quantitative estimate of drug-likeness (QED) is 0.880. The Labute approximate surface area is 104 Å².